The highest BCUT2D eigenvalue weighted by Crippen LogP contribution is 2.38. The highest BCUT2D eigenvalue weighted by atomic mass is 35.5. The van der Waals surface area contributed by atoms with E-state index in [1.165, 1.54) is 0 Å². The van der Waals surface area contributed by atoms with Crippen LogP contribution in [0.25, 0.3) is 0 Å². The highest BCUT2D eigenvalue weighted by Gasteiger charge is 2.24. The van der Waals surface area contributed by atoms with Gasteiger partial charge >= 0.3 is 0 Å². The van der Waals surface area contributed by atoms with Crippen molar-refractivity contribution in [1.82, 2.24) is 0 Å². The van der Waals surface area contributed by atoms with E-state index >= 15 is 0 Å². The van der Waals surface area contributed by atoms with Crippen LogP contribution in [-0.2, 0) is 4.33 Å². The first kappa shape index (κ1) is 10.9. The lowest BCUT2D eigenvalue weighted by atomic mass is 10.1. The van der Waals surface area contributed by atoms with Crippen LogP contribution in [0.1, 0.15) is 31.7 Å². The Bertz CT molecular complexity index is 242. The number of hydrogen-bond donors (Lipinski definition) is 0. The zero-order valence-electron chi connectivity index (χ0n) is 7.76. The summed E-state index contributed by atoms with van der Waals surface area (Å²) in [5.41, 5.74) is 0.992. The molecule has 0 aliphatic heterocycles. The van der Waals surface area contributed by atoms with E-state index in [2.05, 4.69) is 6.92 Å². The molecule has 2 heteroatoms. The quantitative estimate of drug-likeness (QED) is 0.651. The molecule has 0 heterocycles. The van der Waals surface area contributed by atoms with Crippen molar-refractivity contribution < 1.29 is 0 Å². The van der Waals surface area contributed by atoms with Crippen LogP contribution in [0, 0.1) is 0 Å². The molecule has 0 spiro atoms. The van der Waals surface area contributed by atoms with Crippen LogP contribution in [0.3, 0.4) is 0 Å². The number of unbranched alkanes of at least 4 members (excludes halogenated alkanes) is 1. The van der Waals surface area contributed by atoms with Gasteiger partial charge in [-0.25, -0.2) is 0 Å². The summed E-state index contributed by atoms with van der Waals surface area (Å²) in [6.45, 7) is 2.13. The van der Waals surface area contributed by atoms with E-state index in [1.54, 1.807) is 0 Å². The molecule has 72 valence electrons. The van der Waals surface area contributed by atoms with Crippen LogP contribution in [0.4, 0.5) is 0 Å². The minimum Gasteiger partial charge on any atom is -0.0963 e. The molecule has 0 atom stereocenters. The normalized spacial score (nSPS) is 11.6. The molecule has 0 aliphatic carbocycles. The van der Waals surface area contributed by atoms with Crippen molar-refractivity contribution in [2.24, 2.45) is 0 Å². The maximum atomic E-state index is 6.21. The molecule has 1 aromatic rings. The lowest BCUT2D eigenvalue weighted by Crippen LogP contribution is -2.09. The van der Waals surface area contributed by atoms with E-state index in [9.17, 15) is 0 Å². The topological polar surface area (TPSA) is 0 Å². The number of halogens is 2. The van der Waals surface area contributed by atoms with Gasteiger partial charge in [0.05, 0.1) is 0 Å². The van der Waals surface area contributed by atoms with Crippen molar-refractivity contribution >= 4 is 23.2 Å². The summed E-state index contributed by atoms with van der Waals surface area (Å²) in [6.07, 6.45) is 2.99. The highest BCUT2D eigenvalue weighted by molar-refractivity contribution is 6.47. The summed E-state index contributed by atoms with van der Waals surface area (Å²) in [6, 6.07) is 9.82. The van der Waals surface area contributed by atoms with Crippen molar-refractivity contribution in [3.8, 4) is 0 Å². The summed E-state index contributed by atoms with van der Waals surface area (Å²) in [5.74, 6) is 0. The van der Waals surface area contributed by atoms with Crippen molar-refractivity contribution in [3.05, 3.63) is 35.9 Å². The Morgan fingerprint density at radius 1 is 1.15 bits per heavy atom. The predicted octanol–water partition coefficient (Wildman–Crippen LogP) is 4.51. The Balaban J connectivity index is 2.69. The first-order valence-corrected chi connectivity index (χ1v) is 5.36. The molecule has 1 aromatic carbocycles. The van der Waals surface area contributed by atoms with Gasteiger partial charge in [0.25, 0.3) is 0 Å². The lowest BCUT2D eigenvalue weighted by Gasteiger charge is -2.19. The van der Waals surface area contributed by atoms with Crippen molar-refractivity contribution in [2.75, 3.05) is 0 Å². The minimum atomic E-state index is -0.711. The van der Waals surface area contributed by atoms with Crippen LogP contribution in [0.2, 0.25) is 0 Å². The Hall–Kier alpha value is -0.200. The van der Waals surface area contributed by atoms with Crippen LogP contribution in [0.15, 0.2) is 30.3 Å². The third-order valence-electron chi connectivity index (χ3n) is 2.04. The van der Waals surface area contributed by atoms with Crippen LogP contribution in [0.5, 0.6) is 0 Å². The molecular weight excluding hydrogens is 203 g/mol. The SMILES string of the molecule is CCCCC(Cl)(Cl)c1ccccc1. The fourth-order valence-electron chi connectivity index (χ4n) is 1.23. The van der Waals surface area contributed by atoms with E-state index in [-0.39, 0.29) is 0 Å². The Kier molecular flexibility index (Phi) is 4.08. The average molecular weight is 217 g/mol. The van der Waals surface area contributed by atoms with Gasteiger partial charge in [0, 0.05) is 0 Å². The van der Waals surface area contributed by atoms with Gasteiger partial charge in [0.15, 0.2) is 0 Å². The molecule has 0 saturated carbocycles. The molecule has 0 saturated heterocycles. The third kappa shape index (κ3) is 3.21. The van der Waals surface area contributed by atoms with Gasteiger partial charge in [0.1, 0.15) is 4.33 Å². The van der Waals surface area contributed by atoms with Gasteiger partial charge in [-0.15, -0.1) is 0 Å². The number of hydrogen-bond acceptors (Lipinski definition) is 0. The zero-order valence-corrected chi connectivity index (χ0v) is 9.28. The number of alkyl halides is 2. The Labute approximate surface area is 89.9 Å². The lowest BCUT2D eigenvalue weighted by molar-refractivity contribution is 0.660. The van der Waals surface area contributed by atoms with Crippen molar-refractivity contribution in [1.29, 1.82) is 0 Å². The fraction of sp³-hybridized carbons (Fsp3) is 0.455. The second-order valence-electron chi connectivity index (χ2n) is 3.17. The van der Waals surface area contributed by atoms with Crippen molar-refractivity contribution in [3.63, 3.8) is 0 Å². The maximum absolute atomic E-state index is 6.21. The molecule has 0 bridgehead atoms. The van der Waals surface area contributed by atoms with E-state index in [0.29, 0.717) is 0 Å². The van der Waals surface area contributed by atoms with Gasteiger partial charge < -0.3 is 0 Å². The molecule has 0 amide bonds. The van der Waals surface area contributed by atoms with Gasteiger partial charge in [0.2, 0.25) is 0 Å². The third-order valence-corrected chi connectivity index (χ3v) is 2.85. The second-order valence-corrected chi connectivity index (χ2v) is 4.66. The van der Waals surface area contributed by atoms with Gasteiger partial charge in [-0.3, -0.25) is 0 Å². The monoisotopic (exact) mass is 216 g/mol. The second kappa shape index (κ2) is 4.88. The molecule has 0 fully saturated rings. The molecule has 13 heavy (non-hydrogen) atoms. The number of benzene rings is 1. The summed E-state index contributed by atoms with van der Waals surface area (Å²) in [4.78, 5) is 0. The predicted molar refractivity (Wildman–Crippen MR) is 59.4 cm³/mol. The molecule has 0 nitrogen and oxygen atoms in total. The zero-order chi connectivity index (χ0) is 9.73. The Morgan fingerprint density at radius 3 is 2.31 bits per heavy atom. The van der Waals surface area contributed by atoms with Crippen LogP contribution < -0.4 is 0 Å². The Morgan fingerprint density at radius 2 is 1.77 bits per heavy atom. The minimum absolute atomic E-state index is 0.711. The fourth-order valence-corrected chi connectivity index (χ4v) is 1.74. The van der Waals surface area contributed by atoms with Crippen LogP contribution in [-0.4, -0.2) is 0 Å². The van der Waals surface area contributed by atoms with Crippen molar-refractivity contribution in [2.45, 2.75) is 30.5 Å². The van der Waals surface area contributed by atoms with Gasteiger partial charge in [-0.1, -0.05) is 73.3 Å². The largest absolute Gasteiger partial charge is 0.143 e. The average Bonchev–Trinajstić information content (AvgIpc) is 2.16. The maximum Gasteiger partial charge on any atom is 0.143 e. The molecule has 1 rings (SSSR count). The smallest absolute Gasteiger partial charge is 0.0963 e. The van der Waals surface area contributed by atoms with E-state index in [0.717, 1.165) is 24.8 Å². The first-order valence-electron chi connectivity index (χ1n) is 4.60. The van der Waals surface area contributed by atoms with E-state index in [4.69, 9.17) is 23.2 Å². The first-order chi connectivity index (χ1) is 6.17. The summed E-state index contributed by atoms with van der Waals surface area (Å²) >= 11 is 12.4. The molecular formula is C11H14Cl2. The summed E-state index contributed by atoms with van der Waals surface area (Å²) in [7, 11) is 0. The summed E-state index contributed by atoms with van der Waals surface area (Å²) < 4.78 is -0.711. The molecule has 0 unspecified atom stereocenters. The molecule has 0 N–H and O–H groups in total. The standard InChI is InChI=1S/C11H14Cl2/c1-2-3-9-11(12,13)10-7-5-4-6-8-10/h4-8H,2-3,9H2,1H3. The van der Waals surface area contributed by atoms with Crippen LogP contribution >= 0.6 is 23.2 Å². The molecule has 0 aliphatic rings. The van der Waals surface area contributed by atoms with E-state index in [1.807, 2.05) is 30.3 Å². The van der Waals surface area contributed by atoms with E-state index < -0.39 is 4.33 Å². The van der Waals surface area contributed by atoms with Gasteiger partial charge in [-0.05, 0) is 12.0 Å². The molecule has 0 aromatic heterocycles. The number of rotatable bonds is 4. The van der Waals surface area contributed by atoms with Gasteiger partial charge in [-0.2, -0.15) is 0 Å². The summed E-state index contributed by atoms with van der Waals surface area (Å²) in [5, 5.41) is 0. The molecule has 0 radical (unpaired) electrons.